The molecule has 1 aromatic carbocycles. The molecule has 2 aromatic rings. The summed E-state index contributed by atoms with van der Waals surface area (Å²) in [5.74, 6) is 0.403. The third-order valence-corrected chi connectivity index (χ3v) is 7.30. The van der Waals surface area contributed by atoms with Crippen molar-refractivity contribution in [2.45, 2.75) is 91.7 Å². The predicted octanol–water partition coefficient (Wildman–Crippen LogP) is 6.16. The Labute approximate surface area is 221 Å². The molecule has 3 unspecified atom stereocenters. The number of nitrogens with zero attached hydrogens (tertiary/aromatic N) is 1. The second-order valence-electron chi connectivity index (χ2n) is 12.0. The summed E-state index contributed by atoms with van der Waals surface area (Å²) in [5, 5.41) is 0.649. The van der Waals surface area contributed by atoms with Gasteiger partial charge in [0.15, 0.2) is 0 Å². The van der Waals surface area contributed by atoms with E-state index in [4.69, 9.17) is 9.47 Å². The maximum atomic E-state index is 13.7. The number of nitrogens with one attached hydrogen (secondary N) is 1. The molecule has 1 fully saturated rings. The van der Waals surface area contributed by atoms with E-state index in [-0.39, 0.29) is 5.92 Å². The number of methoxy groups -OCH3 is 1. The number of aromatic nitrogens is 1. The highest BCUT2D eigenvalue weighted by atomic mass is 16.6. The first-order chi connectivity index (χ1) is 17.4. The zero-order chi connectivity index (χ0) is 27.3. The third-order valence-electron chi connectivity index (χ3n) is 7.30. The van der Waals surface area contributed by atoms with E-state index in [0.717, 1.165) is 19.3 Å². The second-order valence-corrected chi connectivity index (χ2v) is 12.0. The lowest BCUT2D eigenvalue weighted by molar-refractivity contribution is -0.163. The van der Waals surface area contributed by atoms with Crippen molar-refractivity contribution in [3.8, 4) is 5.75 Å². The Bertz CT molecular complexity index is 1100. The quantitative estimate of drug-likeness (QED) is 0.234. The maximum Gasteiger partial charge on any atom is 0.329 e. The second kappa shape index (κ2) is 12.1. The van der Waals surface area contributed by atoms with Crippen LogP contribution < -0.4 is 4.74 Å². The number of benzene rings is 1. The van der Waals surface area contributed by atoms with Gasteiger partial charge in [0.05, 0.1) is 12.7 Å². The molecule has 0 bridgehead atoms. The lowest BCUT2D eigenvalue weighted by atomic mass is 9.78. The van der Waals surface area contributed by atoms with Crippen LogP contribution in [0.4, 0.5) is 0 Å². The van der Waals surface area contributed by atoms with Gasteiger partial charge in [-0.1, -0.05) is 39.5 Å². The van der Waals surface area contributed by atoms with Crippen LogP contribution in [0.2, 0.25) is 0 Å². The molecule has 37 heavy (non-hydrogen) atoms. The maximum absolute atomic E-state index is 13.7. The van der Waals surface area contributed by atoms with Crippen LogP contribution in [-0.4, -0.2) is 52.8 Å². The monoisotopic (exact) mass is 512 g/mol. The number of ketones is 1. The number of H-pyrrole nitrogens is 1. The molecule has 7 heteroatoms. The number of carbonyl (C=O) groups excluding carboxylic acids is 3. The molecule has 0 radical (unpaired) electrons. The molecule has 1 aliphatic rings. The molecule has 1 N–H and O–H groups in total. The molecule has 204 valence electrons. The summed E-state index contributed by atoms with van der Waals surface area (Å²) in [5.41, 5.74) is 0.317. The number of hydrogen-bond donors (Lipinski definition) is 1. The minimum absolute atomic E-state index is 0.250. The highest BCUT2D eigenvalue weighted by Gasteiger charge is 2.36. The number of hydrogen-bond acceptors (Lipinski definition) is 5. The van der Waals surface area contributed by atoms with Gasteiger partial charge in [-0.3, -0.25) is 9.59 Å². The summed E-state index contributed by atoms with van der Waals surface area (Å²) in [6.45, 7) is 11.9. The van der Waals surface area contributed by atoms with Crippen LogP contribution in [0.15, 0.2) is 24.4 Å². The fourth-order valence-corrected chi connectivity index (χ4v) is 5.27. The molecule has 1 amide bonds. The van der Waals surface area contributed by atoms with Gasteiger partial charge in [-0.2, -0.15) is 0 Å². The van der Waals surface area contributed by atoms with Crippen molar-refractivity contribution in [1.29, 1.82) is 0 Å². The van der Waals surface area contributed by atoms with Gasteiger partial charge in [-0.25, -0.2) is 4.79 Å². The number of fused-ring (bicyclic) bond motifs is 1. The summed E-state index contributed by atoms with van der Waals surface area (Å²) in [6, 6.07) is 4.46. The molecule has 3 rings (SSSR count). The van der Waals surface area contributed by atoms with Crippen LogP contribution in [0.1, 0.15) is 90.4 Å². The summed E-state index contributed by atoms with van der Waals surface area (Å²) < 4.78 is 10.9. The average Bonchev–Trinajstić information content (AvgIpc) is 3.27. The van der Waals surface area contributed by atoms with E-state index < -0.39 is 29.3 Å². The highest BCUT2D eigenvalue weighted by molar-refractivity contribution is 6.45. The molecule has 1 saturated carbocycles. The normalized spacial score (nSPS) is 19.0. The number of amides is 1. The Kier molecular flexibility index (Phi) is 9.43. The first-order valence-corrected chi connectivity index (χ1v) is 13.6. The van der Waals surface area contributed by atoms with Crippen molar-refractivity contribution in [2.24, 2.45) is 17.8 Å². The molecule has 0 saturated heterocycles. The van der Waals surface area contributed by atoms with Crippen molar-refractivity contribution in [2.75, 3.05) is 13.7 Å². The number of esters is 1. The van der Waals surface area contributed by atoms with Crippen LogP contribution in [0.5, 0.6) is 5.75 Å². The number of rotatable bonds is 10. The molecular formula is C30H44N2O5. The first-order valence-electron chi connectivity index (χ1n) is 13.6. The minimum atomic E-state index is -0.864. The Balaban J connectivity index is 1.84. The average molecular weight is 513 g/mol. The van der Waals surface area contributed by atoms with E-state index in [9.17, 15) is 14.4 Å². The van der Waals surface area contributed by atoms with E-state index in [2.05, 4.69) is 18.8 Å². The van der Waals surface area contributed by atoms with Crippen LogP contribution in [-0.2, 0) is 14.3 Å². The molecule has 1 heterocycles. The van der Waals surface area contributed by atoms with Gasteiger partial charge in [0.25, 0.3) is 11.7 Å². The van der Waals surface area contributed by atoms with Crippen molar-refractivity contribution in [1.82, 2.24) is 9.88 Å². The van der Waals surface area contributed by atoms with Crippen molar-refractivity contribution in [3.63, 3.8) is 0 Å². The lowest BCUT2D eigenvalue weighted by Crippen LogP contribution is -2.50. The molecular weight excluding hydrogens is 468 g/mol. The molecule has 0 spiro atoms. The molecule has 0 aliphatic heterocycles. The lowest BCUT2D eigenvalue weighted by Gasteiger charge is -2.36. The smallest absolute Gasteiger partial charge is 0.329 e. The SMILES string of the molecule is COc1ccc2c(C(=O)C(=O)N(CC3CCCC(CCC(C)C)C3)C(C)C(=O)OC(C)(C)C)c[nH]c2c1. The fraction of sp³-hybridized carbons (Fsp3) is 0.633. The fourth-order valence-electron chi connectivity index (χ4n) is 5.27. The van der Waals surface area contributed by atoms with E-state index >= 15 is 0 Å². The third kappa shape index (κ3) is 7.59. The highest BCUT2D eigenvalue weighted by Crippen LogP contribution is 2.34. The van der Waals surface area contributed by atoms with Crippen molar-refractivity contribution < 1.29 is 23.9 Å². The van der Waals surface area contributed by atoms with Crippen LogP contribution in [0.25, 0.3) is 10.9 Å². The number of ether oxygens (including phenoxy) is 2. The standard InChI is InChI=1S/C30H44N2O5/c1-19(2)11-12-21-9-8-10-22(15-21)18-32(20(3)29(35)37-30(4,5)6)28(34)27(33)25-17-31-26-16-23(36-7)13-14-24(25)26/h13-14,16-17,19-22,31H,8-12,15,18H2,1-7H3. The summed E-state index contributed by atoms with van der Waals surface area (Å²) in [6.07, 6.45) is 8.25. The van der Waals surface area contributed by atoms with E-state index in [0.29, 0.717) is 40.6 Å². The topological polar surface area (TPSA) is 88.7 Å². The van der Waals surface area contributed by atoms with Gasteiger partial charge in [0.2, 0.25) is 0 Å². The van der Waals surface area contributed by atoms with Gasteiger partial charge in [-0.15, -0.1) is 0 Å². The Morgan fingerprint density at radius 2 is 1.81 bits per heavy atom. The zero-order valence-electron chi connectivity index (χ0n) is 23.6. The Morgan fingerprint density at radius 3 is 2.46 bits per heavy atom. The zero-order valence-corrected chi connectivity index (χ0v) is 23.6. The number of carbonyl (C=O) groups is 3. The number of aromatic amines is 1. The van der Waals surface area contributed by atoms with Crippen molar-refractivity contribution >= 4 is 28.6 Å². The van der Waals surface area contributed by atoms with Gasteiger partial charge in [0, 0.05) is 29.7 Å². The van der Waals surface area contributed by atoms with Crippen molar-refractivity contribution in [3.05, 3.63) is 30.0 Å². The summed E-state index contributed by atoms with van der Waals surface area (Å²) in [4.78, 5) is 44.8. The molecule has 1 aliphatic carbocycles. The largest absolute Gasteiger partial charge is 0.497 e. The minimum Gasteiger partial charge on any atom is -0.497 e. The van der Waals surface area contributed by atoms with Crippen LogP contribution >= 0.6 is 0 Å². The van der Waals surface area contributed by atoms with E-state index in [1.807, 2.05) is 0 Å². The molecule has 3 atom stereocenters. The van der Waals surface area contributed by atoms with Crippen LogP contribution in [0, 0.1) is 17.8 Å². The number of Topliss-reactive ketones (excluding diaryl/α,β-unsaturated/α-hetero) is 1. The summed E-state index contributed by atoms with van der Waals surface area (Å²) >= 11 is 0. The molecule has 1 aromatic heterocycles. The van der Waals surface area contributed by atoms with Gasteiger partial charge in [0.1, 0.15) is 17.4 Å². The van der Waals surface area contributed by atoms with E-state index in [1.165, 1.54) is 24.2 Å². The first kappa shape index (κ1) is 28.7. The Morgan fingerprint density at radius 1 is 1.11 bits per heavy atom. The predicted molar refractivity (Wildman–Crippen MR) is 146 cm³/mol. The van der Waals surface area contributed by atoms with Gasteiger partial charge in [-0.05, 0) is 70.4 Å². The van der Waals surface area contributed by atoms with E-state index in [1.54, 1.807) is 59.2 Å². The van der Waals surface area contributed by atoms with Gasteiger partial charge < -0.3 is 19.4 Å². The van der Waals surface area contributed by atoms with Crippen LogP contribution in [0.3, 0.4) is 0 Å². The molecule has 7 nitrogen and oxygen atoms in total. The Hall–Kier alpha value is -2.83. The van der Waals surface area contributed by atoms with Gasteiger partial charge >= 0.3 is 5.97 Å². The summed E-state index contributed by atoms with van der Waals surface area (Å²) in [7, 11) is 1.58.